The van der Waals surface area contributed by atoms with E-state index in [1.54, 1.807) is 30.7 Å². The molecule has 2 N–H and O–H groups in total. The first-order valence-corrected chi connectivity index (χ1v) is 9.44. The summed E-state index contributed by atoms with van der Waals surface area (Å²) in [6, 6.07) is 15.4. The zero-order valence-corrected chi connectivity index (χ0v) is 16.2. The molecule has 2 heterocycles. The first-order valence-electron chi connectivity index (χ1n) is 9.44. The van der Waals surface area contributed by atoms with E-state index in [0.29, 0.717) is 17.9 Å². The van der Waals surface area contributed by atoms with Crippen molar-refractivity contribution < 1.29 is 4.79 Å². The number of aromatic nitrogens is 2. The first kappa shape index (κ1) is 19.4. The highest BCUT2D eigenvalue weighted by Gasteiger charge is 2.08. The summed E-state index contributed by atoms with van der Waals surface area (Å²) < 4.78 is 0. The molecule has 28 heavy (non-hydrogen) atoms. The Bertz CT molecular complexity index is 892. The van der Waals surface area contributed by atoms with Gasteiger partial charge >= 0.3 is 0 Å². The lowest BCUT2D eigenvalue weighted by atomic mass is 10.2. The average Bonchev–Trinajstić information content (AvgIpc) is 2.75. The van der Waals surface area contributed by atoms with Gasteiger partial charge in [0, 0.05) is 55.2 Å². The molecule has 6 nitrogen and oxygen atoms in total. The Kier molecular flexibility index (Phi) is 6.57. The monoisotopic (exact) mass is 375 g/mol. The molecule has 0 aliphatic heterocycles. The Balaban J connectivity index is 1.63. The summed E-state index contributed by atoms with van der Waals surface area (Å²) in [7, 11) is 0. The molecule has 0 radical (unpaired) electrons. The largest absolute Gasteiger partial charge is 0.372 e. The number of rotatable bonds is 8. The van der Waals surface area contributed by atoms with Gasteiger partial charge in [-0.05, 0) is 61.9 Å². The molecule has 1 aromatic carbocycles. The van der Waals surface area contributed by atoms with Crippen molar-refractivity contribution in [1.29, 1.82) is 0 Å². The van der Waals surface area contributed by atoms with Gasteiger partial charge in [0.1, 0.15) is 5.82 Å². The summed E-state index contributed by atoms with van der Waals surface area (Å²) in [6.07, 6.45) is 5.08. The number of nitrogens with one attached hydrogen (secondary N) is 2. The second-order valence-electron chi connectivity index (χ2n) is 6.32. The Morgan fingerprint density at radius 3 is 2.50 bits per heavy atom. The number of amides is 1. The van der Waals surface area contributed by atoms with Crippen LogP contribution in [0.3, 0.4) is 0 Å². The fourth-order valence-electron chi connectivity index (χ4n) is 2.92. The van der Waals surface area contributed by atoms with E-state index in [1.165, 1.54) is 5.69 Å². The highest BCUT2D eigenvalue weighted by molar-refractivity contribution is 5.94. The van der Waals surface area contributed by atoms with E-state index in [1.807, 2.05) is 24.3 Å². The molecule has 3 aromatic rings. The number of nitrogens with zero attached hydrogens (tertiary/aromatic N) is 3. The third-order valence-corrected chi connectivity index (χ3v) is 4.47. The van der Waals surface area contributed by atoms with E-state index < -0.39 is 0 Å². The fourth-order valence-corrected chi connectivity index (χ4v) is 2.92. The Labute approximate surface area is 165 Å². The average molecular weight is 375 g/mol. The maximum atomic E-state index is 12.4. The lowest BCUT2D eigenvalue weighted by molar-refractivity contribution is 0.0951. The minimum Gasteiger partial charge on any atom is -0.372 e. The van der Waals surface area contributed by atoms with Crippen LogP contribution < -0.4 is 15.5 Å². The van der Waals surface area contributed by atoms with Crippen molar-refractivity contribution >= 4 is 23.1 Å². The normalized spacial score (nSPS) is 10.4. The number of carbonyl (C=O) groups excluding carboxylic acids is 1. The van der Waals surface area contributed by atoms with Gasteiger partial charge < -0.3 is 15.5 Å². The molecule has 6 heteroatoms. The van der Waals surface area contributed by atoms with Crippen LogP contribution in [0.1, 0.15) is 29.8 Å². The smallest absolute Gasteiger partial charge is 0.251 e. The summed E-state index contributed by atoms with van der Waals surface area (Å²) in [6.45, 7) is 6.67. The molecule has 0 saturated heterocycles. The van der Waals surface area contributed by atoms with Crippen LogP contribution in [0.25, 0.3) is 0 Å². The number of carbonyl (C=O) groups is 1. The van der Waals surface area contributed by atoms with Crippen molar-refractivity contribution in [2.45, 2.75) is 20.4 Å². The Hall–Kier alpha value is -3.41. The molecule has 0 unspecified atom stereocenters. The van der Waals surface area contributed by atoms with Crippen molar-refractivity contribution in [2.24, 2.45) is 0 Å². The molecule has 1 amide bonds. The molecule has 3 rings (SSSR count). The molecule has 0 bridgehead atoms. The predicted molar refractivity (Wildman–Crippen MR) is 113 cm³/mol. The molecule has 0 fully saturated rings. The molecule has 0 spiro atoms. The van der Waals surface area contributed by atoms with Crippen LogP contribution >= 0.6 is 0 Å². The summed E-state index contributed by atoms with van der Waals surface area (Å²) in [5, 5.41) is 6.15. The molecule has 0 saturated carbocycles. The summed E-state index contributed by atoms with van der Waals surface area (Å²) >= 11 is 0. The SMILES string of the molecule is CCN(CC)c1ccc(Nc2cc(C(=O)NCc3cccnc3)ccn2)cc1. The second-order valence-corrected chi connectivity index (χ2v) is 6.32. The van der Waals surface area contributed by atoms with E-state index in [9.17, 15) is 4.79 Å². The van der Waals surface area contributed by atoms with Gasteiger partial charge in [0.2, 0.25) is 0 Å². The molecule has 0 atom stereocenters. The molecule has 2 aromatic heterocycles. The van der Waals surface area contributed by atoms with Crippen LogP contribution in [0.5, 0.6) is 0 Å². The van der Waals surface area contributed by atoms with E-state index >= 15 is 0 Å². The van der Waals surface area contributed by atoms with Gasteiger partial charge in [-0.25, -0.2) is 4.98 Å². The van der Waals surface area contributed by atoms with Crippen molar-refractivity contribution in [3.63, 3.8) is 0 Å². The zero-order valence-electron chi connectivity index (χ0n) is 16.2. The number of pyridine rings is 2. The van der Waals surface area contributed by atoms with Crippen molar-refractivity contribution in [2.75, 3.05) is 23.3 Å². The number of anilines is 3. The Morgan fingerprint density at radius 2 is 1.82 bits per heavy atom. The van der Waals surface area contributed by atoms with Crippen molar-refractivity contribution in [1.82, 2.24) is 15.3 Å². The third kappa shape index (κ3) is 5.07. The van der Waals surface area contributed by atoms with Crippen LogP contribution in [-0.4, -0.2) is 29.0 Å². The van der Waals surface area contributed by atoms with Gasteiger partial charge in [-0.3, -0.25) is 9.78 Å². The van der Waals surface area contributed by atoms with Crippen LogP contribution in [0.4, 0.5) is 17.2 Å². The lowest BCUT2D eigenvalue weighted by Gasteiger charge is -2.21. The predicted octanol–water partition coefficient (Wildman–Crippen LogP) is 4.00. The minimum atomic E-state index is -0.147. The van der Waals surface area contributed by atoms with E-state index in [2.05, 4.69) is 51.5 Å². The number of hydrogen-bond donors (Lipinski definition) is 2. The van der Waals surface area contributed by atoms with Crippen LogP contribution in [-0.2, 0) is 6.54 Å². The van der Waals surface area contributed by atoms with Crippen LogP contribution in [0, 0.1) is 0 Å². The highest BCUT2D eigenvalue weighted by Crippen LogP contribution is 2.20. The van der Waals surface area contributed by atoms with E-state index in [-0.39, 0.29) is 5.91 Å². The molecular formula is C22H25N5O. The lowest BCUT2D eigenvalue weighted by Crippen LogP contribution is -2.23. The van der Waals surface area contributed by atoms with E-state index in [4.69, 9.17) is 0 Å². The first-order chi connectivity index (χ1) is 13.7. The quantitative estimate of drug-likeness (QED) is 0.623. The second kappa shape index (κ2) is 9.50. The topological polar surface area (TPSA) is 70.2 Å². The van der Waals surface area contributed by atoms with Gasteiger partial charge in [-0.15, -0.1) is 0 Å². The van der Waals surface area contributed by atoms with Crippen molar-refractivity contribution in [3.8, 4) is 0 Å². The third-order valence-electron chi connectivity index (χ3n) is 4.47. The summed E-state index contributed by atoms with van der Waals surface area (Å²) in [4.78, 5) is 23.1. The van der Waals surface area contributed by atoms with Gasteiger partial charge in [0.15, 0.2) is 0 Å². The van der Waals surface area contributed by atoms with Gasteiger partial charge in [0.25, 0.3) is 5.91 Å². The fraction of sp³-hybridized carbons (Fsp3) is 0.227. The molecule has 0 aliphatic rings. The van der Waals surface area contributed by atoms with Gasteiger partial charge in [0.05, 0.1) is 0 Å². The van der Waals surface area contributed by atoms with Gasteiger partial charge in [-0.2, -0.15) is 0 Å². The summed E-state index contributed by atoms with van der Waals surface area (Å²) in [5.41, 5.74) is 3.63. The molecular weight excluding hydrogens is 350 g/mol. The Morgan fingerprint density at radius 1 is 1.04 bits per heavy atom. The van der Waals surface area contributed by atoms with Crippen LogP contribution in [0.2, 0.25) is 0 Å². The number of benzene rings is 1. The minimum absolute atomic E-state index is 0.147. The molecule has 144 valence electrons. The maximum Gasteiger partial charge on any atom is 0.251 e. The van der Waals surface area contributed by atoms with E-state index in [0.717, 1.165) is 24.3 Å². The highest BCUT2D eigenvalue weighted by atomic mass is 16.1. The van der Waals surface area contributed by atoms with Gasteiger partial charge in [-0.1, -0.05) is 6.07 Å². The van der Waals surface area contributed by atoms with Crippen LogP contribution in [0.15, 0.2) is 67.1 Å². The molecule has 0 aliphatic carbocycles. The maximum absolute atomic E-state index is 12.4. The summed E-state index contributed by atoms with van der Waals surface area (Å²) in [5.74, 6) is 0.482. The standard InChI is InChI=1S/C22H25N5O/c1-3-27(4-2)20-9-7-19(8-10-20)26-21-14-18(11-13-24-21)22(28)25-16-17-6-5-12-23-15-17/h5-15H,3-4,16H2,1-2H3,(H,24,26)(H,25,28). The van der Waals surface area contributed by atoms with Crippen molar-refractivity contribution in [3.05, 3.63) is 78.2 Å². The number of hydrogen-bond acceptors (Lipinski definition) is 5. The zero-order chi connectivity index (χ0) is 19.8.